The Morgan fingerprint density at radius 3 is 2.47 bits per heavy atom. The van der Waals surface area contributed by atoms with Crippen molar-refractivity contribution in [3.63, 3.8) is 0 Å². The first-order valence-corrected chi connectivity index (χ1v) is 7.68. The molecule has 1 rings (SSSR count). The molecular formula is C12H19N3O3S. The number of amides is 1. The van der Waals surface area contributed by atoms with Gasteiger partial charge in [-0.1, -0.05) is 30.3 Å². The molecule has 0 saturated carbocycles. The summed E-state index contributed by atoms with van der Waals surface area (Å²) in [5, 5.41) is 7.31. The van der Waals surface area contributed by atoms with E-state index in [2.05, 4.69) is 5.32 Å². The van der Waals surface area contributed by atoms with Gasteiger partial charge in [0.05, 0.1) is 5.75 Å². The molecule has 1 atom stereocenters. The van der Waals surface area contributed by atoms with Crippen LogP contribution in [0.3, 0.4) is 0 Å². The maximum Gasteiger partial charge on any atom is 0.220 e. The van der Waals surface area contributed by atoms with E-state index in [-0.39, 0.29) is 30.7 Å². The zero-order valence-electron chi connectivity index (χ0n) is 10.6. The van der Waals surface area contributed by atoms with Crippen molar-refractivity contribution in [3.8, 4) is 0 Å². The van der Waals surface area contributed by atoms with Crippen LogP contribution in [0.4, 0.5) is 0 Å². The Hall–Kier alpha value is -1.44. The van der Waals surface area contributed by atoms with Gasteiger partial charge in [0.25, 0.3) is 0 Å². The molecule has 7 heteroatoms. The Morgan fingerprint density at radius 1 is 1.26 bits per heavy atom. The van der Waals surface area contributed by atoms with Crippen LogP contribution in [0.1, 0.15) is 24.4 Å². The lowest BCUT2D eigenvalue weighted by Gasteiger charge is -2.11. The number of hydrogen-bond donors (Lipinski definition) is 3. The molecule has 0 heterocycles. The molecule has 1 unspecified atom stereocenters. The molecule has 6 nitrogen and oxygen atoms in total. The van der Waals surface area contributed by atoms with Crippen LogP contribution < -0.4 is 16.2 Å². The number of nitrogens with one attached hydrogen (secondary N) is 1. The van der Waals surface area contributed by atoms with Crippen molar-refractivity contribution < 1.29 is 13.2 Å². The number of carbonyl (C=O) groups excluding carboxylic acids is 1. The zero-order valence-corrected chi connectivity index (χ0v) is 11.4. The minimum Gasteiger partial charge on any atom is -0.355 e. The molecule has 0 spiro atoms. The summed E-state index contributed by atoms with van der Waals surface area (Å²) in [6.45, 7) is 0.0260. The molecule has 0 aliphatic heterocycles. The van der Waals surface area contributed by atoms with E-state index in [0.29, 0.717) is 6.42 Å². The highest BCUT2D eigenvalue weighted by molar-refractivity contribution is 7.89. The van der Waals surface area contributed by atoms with Gasteiger partial charge in [0.15, 0.2) is 0 Å². The highest BCUT2D eigenvalue weighted by Crippen LogP contribution is 2.14. The van der Waals surface area contributed by atoms with Gasteiger partial charge >= 0.3 is 0 Å². The lowest BCUT2D eigenvalue weighted by Crippen LogP contribution is -2.31. The van der Waals surface area contributed by atoms with Crippen LogP contribution in [0.15, 0.2) is 30.3 Å². The third-order valence-electron chi connectivity index (χ3n) is 2.62. The fourth-order valence-electron chi connectivity index (χ4n) is 1.57. The van der Waals surface area contributed by atoms with Gasteiger partial charge in [0, 0.05) is 19.0 Å². The van der Waals surface area contributed by atoms with Crippen LogP contribution >= 0.6 is 0 Å². The fourth-order valence-corrected chi connectivity index (χ4v) is 1.96. The molecular weight excluding hydrogens is 266 g/mol. The minimum atomic E-state index is -3.53. The normalized spacial score (nSPS) is 12.9. The van der Waals surface area contributed by atoms with E-state index in [1.165, 1.54) is 0 Å². The summed E-state index contributed by atoms with van der Waals surface area (Å²) in [7, 11) is -3.53. The number of benzene rings is 1. The van der Waals surface area contributed by atoms with Gasteiger partial charge in [0.1, 0.15) is 0 Å². The topological polar surface area (TPSA) is 115 Å². The fraction of sp³-hybridized carbons (Fsp3) is 0.417. The SMILES string of the molecule is NC(CCC(=O)NCCS(N)(=O)=O)c1ccccc1. The van der Waals surface area contributed by atoms with Gasteiger partial charge in [-0.25, -0.2) is 13.6 Å². The molecule has 0 aromatic heterocycles. The first-order valence-electron chi connectivity index (χ1n) is 5.96. The quantitative estimate of drug-likeness (QED) is 0.647. The van der Waals surface area contributed by atoms with Crippen molar-refractivity contribution in [3.05, 3.63) is 35.9 Å². The molecule has 0 bridgehead atoms. The van der Waals surface area contributed by atoms with Crippen LogP contribution in [-0.4, -0.2) is 26.6 Å². The van der Waals surface area contributed by atoms with Crippen molar-refractivity contribution >= 4 is 15.9 Å². The monoisotopic (exact) mass is 285 g/mol. The van der Waals surface area contributed by atoms with Crippen LogP contribution in [0.5, 0.6) is 0 Å². The first kappa shape index (κ1) is 15.6. The van der Waals surface area contributed by atoms with Gasteiger partial charge in [-0.2, -0.15) is 0 Å². The Morgan fingerprint density at radius 2 is 1.89 bits per heavy atom. The average Bonchev–Trinajstić information content (AvgIpc) is 2.35. The van der Waals surface area contributed by atoms with E-state index in [9.17, 15) is 13.2 Å². The van der Waals surface area contributed by atoms with Crippen LogP contribution in [0, 0.1) is 0 Å². The average molecular weight is 285 g/mol. The Bertz CT molecular complexity index is 502. The summed E-state index contributed by atoms with van der Waals surface area (Å²) in [6, 6.07) is 9.29. The molecule has 5 N–H and O–H groups in total. The largest absolute Gasteiger partial charge is 0.355 e. The second-order valence-electron chi connectivity index (χ2n) is 4.27. The Labute approximate surface area is 113 Å². The Balaban J connectivity index is 2.27. The van der Waals surface area contributed by atoms with Crippen molar-refractivity contribution in [2.24, 2.45) is 10.9 Å². The van der Waals surface area contributed by atoms with Gasteiger partial charge < -0.3 is 11.1 Å². The third-order valence-corrected chi connectivity index (χ3v) is 3.39. The number of sulfonamides is 1. The van der Waals surface area contributed by atoms with Crippen LogP contribution in [0.2, 0.25) is 0 Å². The predicted octanol–water partition coefficient (Wildman–Crippen LogP) is -0.129. The van der Waals surface area contributed by atoms with E-state index >= 15 is 0 Å². The van der Waals surface area contributed by atoms with Crippen molar-refractivity contribution in [2.45, 2.75) is 18.9 Å². The summed E-state index contributed by atoms with van der Waals surface area (Å²) < 4.78 is 21.3. The zero-order chi connectivity index (χ0) is 14.3. The lowest BCUT2D eigenvalue weighted by atomic mass is 10.0. The smallest absolute Gasteiger partial charge is 0.220 e. The number of nitrogens with two attached hydrogens (primary N) is 2. The van der Waals surface area contributed by atoms with E-state index in [4.69, 9.17) is 10.9 Å². The van der Waals surface area contributed by atoms with Gasteiger partial charge in [0.2, 0.25) is 15.9 Å². The Kier molecular flexibility index (Phi) is 5.94. The predicted molar refractivity (Wildman–Crippen MR) is 73.6 cm³/mol. The number of rotatable bonds is 7. The molecule has 19 heavy (non-hydrogen) atoms. The maximum absolute atomic E-state index is 11.5. The van der Waals surface area contributed by atoms with E-state index in [1.54, 1.807) is 0 Å². The summed E-state index contributed by atoms with van der Waals surface area (Å²) in [5.41, 5.74) is 6.92. The van der Waals surface area contributed by atoms with E-state index in [1.807, 2.05) is 30.3 Å². The maximum atomic E-state index is 11.5. The number of primary sulfonamides is 1. The standard InChI is InChI=1S/C12H19N3O3S/c13-11(10-4-2-1-3-5-10)6-7-12(16)15-8-9-19(14,17)18/h1-5,11H,6-9,13H2,(H,15,16)(H2,14,17,18). The molecule has 0 aliphatic carbocycles. The first-order chi connectivity index (χ1) is 8.88. The third kappa shape index (κ3) is 6.90. The van der Waals surface area contributed by atoms with Crippen LogP contribution in [0.25, 0.3) is 0 Å². The van der Waals surface area contributed by atoms with Crippen molar-refractivity contribution in [1.29, 1.82) is 0 Å². The molecule has 0 fully saturated rings. The summed E-state index contributed by atoms with van der Waals surface area (Å²) >= 11 is 0. The van der Waals surface area contributed by atoms with Crippen molar-refractivity contribution in [1.82, 2.24) is 5.32 Å². The highest BCUT2D eigenvalue weighted by Gasteiger charge is 2.09. The van der Waals surface area contributed by atoms with Gasteiger partial charge in [-0.15, -0.1) is 0 Å². The second kappa shape index (κ2) is 7.22. The van der Waals surface area contributed by atoms with Gasteiger partial charge in [-0.3, -0.25) is 4.79 Å². The van der Waals surface area contributed by atoms with E-state index in [0.717, 1.165) is 5.56 Å². The highest BCUT2D eigenvalue weighted by atomic mass is 32.2. The van der Waals surface area contributed by atoms with Crippen LogP contribution in [-0.2, 0) is 14.8 Å². The molecule has 0 aliphatic rings. The molecule has 1 aromatic carbocycles. The van der Waals surface area contributed by atoms with E-state index < -0.39 is 10.0 Å². The summed E-state index contributed by atoms with van der Waals surface area (Å²) in [4.78, 5) is 11.5. The summed E-state index contributed by atoms with van der Waals surface area (Å²) in [5.74, 6) is -0.487. The van der Waals surface area contributed by atoms with Crippen molar-refractivity contribution in [2.75, 3.05) is 12.3 Å². The number of carbonyl (C=O) groups is 1. The second-order valence-corrected chi connectivity index (χ2v) is 6.01. The van der Waals surface area contributed by atoms with Gasteiger partial charge in [-0.05, 0) is 12.0 Å². The number of hydrogen-bond acceptors (Lipinski definition) is 4. The lowest BCUT2D eigenvalue weighted by molar-refractivity contribution is -0.121. The molecule has 1 aromatic rings. The molecule has 1 amide bonds. The molecule has 106 valence electrons. The minimum absolute atomic E-state index is 0.0260. The summed E-state index contributed by atoms with van der Waals surface area (Å²) in [6.07, 6.45) is 0.756. The molecule has 0 radical (unpaired) electrons. The molecule has 0 saturated heterocycles.